The summed E-state index contributed by atoms with van der Waals surface area (Å²) in [4.78, 5) is 0. The monoisotopic (exact) mass is 120 g/mol. The van der Waals surface area contributed by atoms with Gasteiger partial charge in [0.2, 0.25) is 0 Å². The minimum absolute atomic E-state index is 0. The molecule has 1 saturated heterocycles. The zero-order chi connectivity index (χ0) is 4.41. The smallest absolute Gasteiger partial charge is 0.166 e. The van der Waals surface area contributed by atoms with Crippen LogP contribution in [0, 0.1) is 0 Å². The van der Waals surface area contributed by atoms with Crippen molar-refractivity contribution in [2.24, 2.45) is 0 Å². The van der Waals surface area contributed by atoms with E-state index in [0.29, 0.717) is 0 Å². The van der Waals surface area contributed by atoms with Crippen LogP contribution in [0.5, 0.6) is 0 Å². The molecule has 0 aromatic rings. The average Bonchev–Trinajstić information content (AvgIpc) is 1.86. The van der Waals surface area contributed by atoms with E-state index >= 15 is 0 Å². The number of thiocarbonyl (C=S) groups is 1. The lowest BCUT2D eigenvalue weighted by Crippen LogP contribution is -2.19. The molecule has 0 spiro atoms. The summed E-state index contributed by atoms with van der Waals surface area (Å²) in [7, 11) is 0. The Kier molecular flexibility index (Phi) is 2.62. The van der Waals surface area contributed by atoms with Gasteiger partial charge in [-0.05, 0) is 12.2 Å². The largest absolute Gasteiger partial charge is 0.412 e. The van der Waals surface area contributed by atoms with Crippen LogP contribution >= 0.6 is 12.2 Å². The van der Waals surface area contributed by atoms with Crippen molar-refractivity contribution in [1.82, 2.24) is 10.6 Å². The Labute approximate surface area is 47.4 Å². The normalized spacial score (nSPS) is 16.9. The maximum Gasteiger partial charge on any atom is 0.166 e. The lowest BCUT2D eigenvalue weighted by molar-refractivity contribution is 0.824. The third-order valence-corrected chi connectivity index (χ3v) is 0.985. The van der Waals surface area contributed by atoms with Crippen LogP contribution in [0.3, 0.4) is 0 Å². The minimum atomic E-state index is 0. The van der Waals surface area contributed by atoms with E-state index in [2.05, 4.69) is 10.6 Å². The van der Waals surface area contributed by atoms with Crippen molar-refractivity contribution in [3.8, 4) is 0 Å². The zero-order valence-electron chi connectivity index (χ0n) is 3.82. The minimum Gasteiger partial charge on any atom is -0.412 e. The van der Waals surface area contributed by atoms with Gasteiger partial charge in [0.1, 0.15) is 0 Å². The lowest BCUT2D eigenvalue weighted by Gasteiger charge is -1.85. The Morgan fingerprint density at radius 1 is 1.29 bits per heavy atom. The molecule has 0 bridgehead atoms. The second-order valence-electron chi connectivity index (χ2n) is 1.18. The van der Waals surface area contributed by atoms with Crippen LogP contribution in [0.2, 0.25) is 0 Å². The van der Waals surface area contributed by atoms with E-state index in [1.807, 2.05) is 0 Å². The van der Waals surface area contributed by atoms with Crippen LogP contribution in [0.25, 0.3) is 0 Å². The Hall–Kier alpha value is -0.350. The predicted octanol–water partition coefficient (Wildman–Crippen LogP) is -1.36. The summed E-state index contributed by atoms with van der Waals surface area (Å²) in [5.74, 6) is 0. The molecule has 1 heterocycles. The zero-order valence-corrected chi connectivity index (χ0v) is 4.64. The van der Waals surface area contributed by atoms with Crippen molar-refractivity contribution in [3.63, 3.8) is 0 Å². The number of hydrogen-bond donors (Lipinski definition) is 2. The number of hydrogen-bond acceptors (Lipinski definition) is 1. The Bertz CT molecular complexity index is 67.3. The number of nitrogens with one attached hydrogen (secondary N) is 2. The molecule has 1 aliphatic heterocycles. The Morgan fingerprint density at radius 3 is 1.86 bits per heavy atom. The molecule has 0 aromatic carbocycles. The highest BCUT2D eigenvalue weighted by Gasteiger charge is 1.98. The molecule has 3 nitrogen and oxygen atoms in total. The van der Waals surface area contributed by atoms with E-state index in [1.165, 1.54) is 0 Å². The average molecular weight is 120 g/mol. The van der Waals surface area contributed by atoms with Crippen LogP contribution in [0.15, 0.2) is 0 Å². The van der Waals surface area contributed by atoms with E-state index in [0.717, 1.165) is 18.2 Å². The van der Waals surface area contributed by atoms with E-state index in [1.54, 1.807) is 0 Å². The molecule has 7 heavy (non-hydrogen) atoms. The van der Waals surface area contributed by atoms with Crippen molar-refractivity contribution >= 4 is 17.3 Å². The highest BCUT2D eigenvalue weighted by atomic mass is 32.1. The van der Waals surface area contributed by atoms with Gasteiger partial charge in [0.25, 0.3) is 0 Å². The highest BCUT2D eigenvalue weighted by molar-refractivity contribution is 7.80. The van der Waals surface area contributed by atoms with Gasteiger partial charge in [-0.25, -0.2) is 0 Å². The van der Waals surface area contributed by atoms with Crippen molar-refractivity contribution in [2.75, 3.05) is 13.1 Å². The van der Waals surface area contributed by atoms with Gasteiger partial charge in [0.15, 0.2) is 5.11 Å². The molecule has 0 atom stereocenters. The fourth-order valence-corrected chi connectivity index (χ4v) is 0.619. The first-order chi connectivity index (χ1) is 2.89. The molecule has 1 aliphatic rings. The highest BCUT2D eigenvalue weighted by Crippen LogP contribution is 1.71. The molecular weight excluding hydrogens is 112 g/mol. The molecule has 0 amide bonds. The summed E-state index contributed by atoms with van der Waals surface area (Å²) in [5, 5.41) is 6.67. The van der Waals surface area contributed by atoms with Crippen LogP contribution < -0.4 is 10.6 Å². The summed E-state index contributed by atoms with van der Waals surface area (Å²) < 4.78 is 0. The summed E-state index contributed by atoms with van der Waals surface area (Å²) >= 11 is 4.70. The van der Waals surface area contributed by atoms with Gasteiger partial charge in [-0.15, -0.1) is 0 Å². The van der Waals surface area contributed by atoms with Gasteiger partial charge >= 0.3 is 0 Å². The molecular formula is C3H8N2OS. The molecule has 0 aliphatic carbocycles. The van der Waals surface area contributed by atoms with Crippen molar-refractivity contribution in [3.05, 3.63) is 0 Å². The van der Waals surface area contributed by atoms with Crippen LogP contribution in [-0.2, 0) is 0 Å². The van der Waals surface area contributed by atoms with E-state index in [9.17, 15) is 0 Å². The van der Waals surface area contributed by atoms with Gasteiger partial charge in [-0.1, -0.05) is 0 Å². The SMILES string of the molecule is O.S=C1NCCN1. The standard InChI is InChI=1S/C3H6N2S.H2O/c6-3-4-1-2-5-3;/h1-2H2,(H2,4,5,6);1H2. The maximum atomic E-state index is 4.70. The van der Waals surface area contributed by atoms with Gasteiger partial charge in [-0.3, -0.25) is 0 Å². The molecule has 4 N–H and O–H groups in total. The molecule has 1 rings (SSSR count). The molecule has 0 aromatic heterocycles. The second kappa shape index (κ2) is 2.76. The second-order valence-corrected chi connectivity index (χ2v) is 1.59. The van der Waals surface area contributed by atoms with Crippen molar-refractivity contribution < 1.29 is 5.48 Å². The first-order valence-electron chi connectivity index (χ1n) is 1.91. The maximum absolute atomic E-state index is 4.70. The first-order valence-corrected chi connectivity index (χ1v) is 2.32. The first kappa shape index (κ1) is 6.65. The van der Waals surface area contributed by atoms with E-state index in [4.69, 9.17) is 12.2 Å². The summed E-state index contributed by atoms with van der Waals surface area (Å²) in [6, 6.07) is 0. The van der Waals surface area contributed by atoms with Crippen LogP contribution in [0.4, 0.5) is 0 Å². The van der Waals surface area contributed by atoms with Crippen molar-refractivity contribution in [2.45, 2.75) is 0 Å². The summed E-state index contributed by atoms with van der Waals surface area (Å²) in [6.07, 6.45) is 0. The lowest BCUT2D eigenvalue weighted by atomic mass is 10.7. The fourth-order valence-electron chi connectivity index (χ4n) is 0.415. The van der Waals surface area contributed by atoms with E-state index < -0.39 is 0 Å². The molecule has 0 saturated carbocycles. The van der Waals surface area contributed by atoms with Gasteiger partial charge in [0, 0.05) is 13.1 Å². The molecule has 4 heteroatoms. The fraction of sp³-hybridized carbons (Fsp3) is 0.667. The third-order valence-electron chi connectivity index (χ3n) is 0.696. The van der Waals surface area contributed by atoms with Gasteiger partial charge < -0.3 is 16.1 Å². The quantitative estimate of drug-likeness (QED) is 0.388. The summed E-state index contributed by atoms with van der Waals surface area (Å²) in [6.45, 7) is 1.97. The van der Waals surface area contributed by atoms with Crippen molar-refractivity contribution in [1.29, 1.82) is 0 Å². The Balaban J connectivity index is 0.000000360. The number of rotatable bonds is 0. The molecule has 0 unspecified atom stereocenters. The molecule has 42 valence electrons. The molecule has 1 fully saturated rings. The summed E-state index contributed by atoms with van der Waals surface area (Å²) in [5.41, 5.74) is 0. The Morgan fingerprint density at radius 2 is 1.71 bits per heavy atom. The predicted molar refractivity (Wildman–Crippen MR) is 32.2 cm³/mol. The third kappa shape index (κ3) is 1.70. The van der Waals surface area contributed by atoms with Crippen LogP contribution in [-0.4, -0.2) is 23.7 Å². The van der Waals surface area contributed by atoms with E-state index in [-0.39, 0.29) is 5.48 Å². The van der Waals surface area contributed by atoms with Crippen LogP contribution in [0.1, 0.15) is 0 Å². The van der Waals surface area contributed by atoms with Gasteiger partial charge in [0.05, 0.1) is 0 Å². The topological polar surface area (TPSA) is 55.6 Å². The van der Waals surface area contributed by atoms with Gasteiger partial charge in [-0.2, -0.15) is 0 Å². The molecule has 0 radical (unpaired) electrons.